The van der Waals surface area contributed by atoms with Crippen molar-refractivity contribution in [2.24, 2.45) is 5.92 Å². The number of aryl methyl sites for hydroxylation is 1. The number of ketones is 2. The third-order valence-corrected chi connectivity index (χ3v) is 6.93. The van der Waals surface area contributed by atoms with E-state index in [1.54, 1.807) is 11.0 Å². The molecule has 180 valence electrons. The van der Waals surface area contributed by atoms with Crippen molar-refractivity contribution in [3.63, 3.8) is 0 Å². The fourth-order valence-corrected chi connectivity index (χ4v) is 5.26. The van der Waals surface area contributed by atoms with Gasteiger partial charge in [-0.3, -0.25) is 9.59 Å². The summed E-state index contributed by atoms with van der Waals surface area (Å²) in [4.78, 5) is 39.6. The Bertz CT molecular complexity index is 1060. The fourth-order valence-electron chi connectivity index (χ4n) is 5.26. The highest BCUT2D eigenvalue weighted by Gasteiger charge is 2.45. The van der Waals surface area contributed by atoms with Crippen LogP contribution in [-0.4, -0.2) is 34.7 Å². The van der Waals surface area contributed by atoms with E-state index in [-0.39, 0.29) is 47.4 Å². The largest absolute Gasteiger partial charge is 0.507 e. The Labute approximate surface area is 200 Å². The lowest BCUT2D eigenvalue weighted by Gasteiger charge is -2.44. The molecule has 2 aromatic carbocycles. The fraction of sp³-hybridized carbons (Fsp3) is 0.464. The number of anilines is 1. The normalized spacial score (nSPS) is 20.5. The van der Waals surface area contributed by atoms with Crippen molar-refractivity contribution in [1.82, 2.24) is 0 Å². The molecule has 6 nitrogen and oxygen atoms in total. The molecule has 4 rings (SSSR count). The van der Waals surface area contributed by atoms with E-state index in [2.05, 4.69) is 12.1 Å². The summed E-state index contributed by atoms with van der Waals surface area (Å²) in [7, 11) is 0. The average molecular weight is 464 g/mol. The Balaban J connectivity index is 1.53. The minimum absolute atomic E-state index is 0.0153. The number of hydrogen-bond acceptors (Lipinski definition) is 5. The number of phenolic OH excluding ortho intramolecular Hbond substituents is 1. The molecule has 3 unspecified atom stereocenters. The molecule has 0 bridgehead atoms. The molecule has 6 heteroatoms. The Morgan fingerprint density at radius 1 is 1.21 bits per heavy atom. The van der Waals surface area contributed by atoms with Crippen LogP contribution in [-0.2, 0) is 16.0 Å². The number of phenols is 1. The molecule has 34 heavy (non-hydrogen) atoms. The molecule has 1 saturated heterocycles. The Morgan fingerprint density at radius 2 is 1.97 bits per heavy atom. The number of nitrogens with zero attached hydrogens (tertiary/aromatic N) is 1. The summed E-state index contributed by atoms with van der Waals surface area (Å²) in [5, 5.41) is 10.8. The molecular weight excluding hydrogens is 430 g/mol. The van der Waals surface area contributed by atoms with E-state index in [1.807, 2.05) is 25.1 Å². The average Bonchev–Trinajstić information content (AvgIpc) is 2.79. The van der Waals surface area contributed by atoms with Crippen molar-refractivity contribution in [3.8, 4) is 11.5 Å². The predicted molar refractivity (Wildman–Crippen MR) is 130 cm³/mol. The highest BCUT2D eigenvalue weighted by molar-refractivity contribution is 6.13. The summed E-state index contributed by atoms with van der Waals surface area (Å²) in [5.74, 6) is -0.414. The summed E-state index contributed by atoms with van der Waals surface area (Å²) in [6, 6.07) is 13.2. The summed E-state index contributed by atoms with van der Waals surface area (Å²) >= 11 is 0. The number of amides is 1. The maximum Gasteiger partial charge on any atom is 0.227 e. The Hall–Kier alpha value is -3.15. The van der Waals surface area contributed by atoms with Crippen molar-refractivity contribution in [1.29, 1.82) is 0 Å². The molecule has 2 aliphatic rings. The lowest BCUT2D eigenvalue weighted by molar-refractivity contribution is -0.120. The monoisotopic (exact) mass is 463 g/mol. The van der Waals surface area contributed by atoms with Crippen molar-refractivity contribution < 1.29 is 24.2 Å². The third-order valence-electron chi connectivity index (χ3n) is 6.93. The molecule has 2 heterocycles. The smallest absolute Gasteiger partial charge is 0.227 e. The number of rotatable bonds is 9. The number of hydrogen-bond donors (Lipinski definition) is 1. The van der Waals surface area contributed by atoms with Gasteiger partial charge < -0.3 is 19.5 Å². The lowest BCUT2D eigenvalue weighted by atomic mass is 9.77. The van der Waals surface area contributed by atoms with E-state index >= 15 is 0 Å². The zero-order valence-corrected chi connectivity index (χ0v) is 20.0. The van der Waals surface area contributed by atoms with Gasteiger partial charge in [0.2, 0.25) is 5.91 Å². The van der Waals surface area contributed by atoms with Crippen LogP contribution in [0.25, 0.3) is 0 Å². The number of piperidine rings is 1. The van der Waals surface area contributed by atoms with Crippen LogP contribution >= 0.6 is 0 Å². The van der Waals surface area contributed by atoms with Gasteiger partial charge >= 0.3 is 0 Å². The zero-order chi connectivity index (χ0) is 24.2. The van der Waals surface area contributed by atoms with E-state index in [1.165, 1.54) is 18.6 Å². The number of carbonyl (C=O) groups is 3. The van der Waals surface area contributed by atoms with E-state index in [0.717, 1.165) is 25.7 Å². The number of ether oxygens (including phenoxy) is 1. The second-order valence-electron chi connectivity index (χ2n) is 9.58. The molecule has 3 atom stereocenters. The summed E-state index contributed by atoms with van der Waals surface area (Å²) in [6.07, 6.45) is 5.19. The van der Waals surface area contributed by atoms with Gasteiger partial charge in [0.1, 0.15) is 17.3 Å². The van der Waals surface area contributed by atoms with E-state index in [9.17, 15) is 19.5 Å². The topological polar surface area (TPSA) is 83.9 Å². The standard InChI is InChI=1S/C28H33NO5/c1-18(30)14-15-22-23-12-7-13-26(32)29(23)24-16-21(17-25(31)27(24)28(22)33)34-19(2)8-6-11-20-9-4-3-5-10-20/h3-5,9-10,16-17,19,22-23,31H,6-8,11-15H2,1-2H3. The molecule has 0 spiro atoms. The molecule has 0 radical (unpaired) electrons. The van der Waals surface area contributed by atoms with Gasteiger partial charge in [-0.1, -0.05) is 30.3 Å². The maximum atomic E-state index is 13.4. The van der Waals surface area contributed by atoms with Crippen molar-refractivity contribution in [2.45, 2.75) is 77.4 Å². The quantitative estimate of drug-likeness (QED) is 0.549. The zero-order valence-electron chi connectivity index (χ0n) is 20.0. The molecule has 0 aliphatic carbocycles. The third kappa shape index (κ3) is 5.16. The van der Waals surface area contributed by atoms with E-state index < -0.39 is 5.92 Å². The predicted octanol–water partition coefficient (Wildman–Crippen LogP) is 5.25. The van der Waals surface area contributed by atoms with E-state index in [4.69, 9.17) is 4.74 Å². The maximum absolute atomic E-state index is 13.4. The first-order valence-electron chi connectivity index (χ1n) is 12.3. The number of benzene rings is 2. The molecular formula is C28H33NO5. The van der Waals surface area contributed by atoms with Gasteiger partial charge in [-0.2, -0.15) is 0 Å². The second kappa shape index (κ2) is 10.4. The van der Waals surface area contributed by atoms with Crippen LogP contribution in [0.3, 0.4) is 0 Å². The van der Waals surface area contributed by atoms with Crippen molar-refractivity contribution in [3.05, 3.63) is 53.6 Å². The Morgan fingerprint density at radius 3 is 2.71 bits per heavy atom. The van der Waals surface area contributed by atoms with Gasteiger partial charge in [-0.25, -0.2) is 0 Å². The van der Waals surface area contributed by atoms with Crippen molar-refractivity contribution >= 4 is 23.2 Å². The van der Waals surface area contributed by atoms with Gasteiger partial charge in [0, 0.05) is 36.9 Å². The minimum Gasteiger partial charge on any atom is -0.507 e. The lowest BCUT2D eigenvalue weighted by Crippen LogP contribution is -2.53. The van der Waals surface area contributed by atoms with Crippen LogP contribution in [0.4, 0.5) is 5.69 Å². The van der Waals surface area contributed by atoms with Crippen LogP contribution in [0.2, 0.25) is 0 Å². The highest BCUT2D eigenvalue weighted by atomic mass is 16.5. The van der Waals surface area contributed by atoms with Crippen molar-refractivity contribution in [2.75, 3.05) is 4.90 Å². The van der Waals surface area contributed by atoms with Gasteiger partial charge in [0.25, 0.3) is 0 Å². The first kappa shape index (κ1) is 24.0. The molecule has 0 saturated carbocycles. The summed E-state index contributed by atoms with van der Waals surface area (Å²) in [5.41, 5.74) is 1.89. The molecule has 1 N–H and O–H groups in total. The van der Waals surface area contributed by atoms with Gasteiger partial charge in [0.05, 0.1) is 17.4 Å². The number of Topliss-reactive ketones (excluding diaryl/α,β-unsaturated/α-hetero) is 2. The number of fused-ring (bicyclic) bond motifs is 3. The summed E-state index contributed by atoms with van der Waals surface area (Å²) in [6.45, 7) is 3.49. The second-order valence-corrected chi connectivity index (χ2v) is 9.58. The van der Waals surface area contributed by atoms with E-state index in [0.29, 0.717) is 30.7 Å². The van der Waals surface area contributed by atoms with Gasteiger partial charge in [-0.15, -0.1) is 0 Å². The molecule has 1 fully saturated rings. The number of carbonyl (C=O) groups excluding carboxylic acids is 3. The van der Waals surface area contributed by atoms with Crippen LogP contribution in [0.15, 0.2) is 42.5 Å². The highest BCUT2D eigenvalue weighted by Crippen LogP contribution is 2.45. The van der Waals surface area contributed by atoms with Gasteiger partial charge in [0.15, 0.2) is 5.78 Å². The molecule has 0 aromatic heterocycles. The number of aromatic hydroxyl groups is 1. The van der Waals surface area contributed by atoms with Gasteiger partial charge in [-0.05, 0) is 57.9 Å². The minimum atomic E-state index is -0.477. The van der Waals surface area contributed by atoms with Crippen LogP contribution in [0.5, 0.6) is 11.5 Å². The Kier molecular flexibility index (Phi) is 7.35. The SMILES string of the molecule is CC(=O)CCC1C(=O)c2c(O)cc(OC(C)CCCc3ccccc3)cc2N2C(=O)CCCC12. The molecule has 1 amide bonds. The first-order valence-corrected chi connectivity index (χ1v) is 12.3. The van der Waals surface area contributed by atoms with Crippen LogP contribution in [0, 0.1) is 5.92 Å². The van der Waals surface area contributed by atoms with Crippen LogP contribution in [0.1, 0.15) is 74.7 Å². The summed E-state index contributed by atoms with van der Waals surface area (Å²) < 4.78 is 6.10. The first-order chi connectivity index (χ1) is 16.3. The molecule has 2 aromatic rings. The van der Waals surface area contributed by atoms with Crippen LogP contribution < -0.4 is 9.64 Å². The molecule has 2 aliphatic heterocycles.